The van der Waals surface area contributed by atoms with E-state index in [0.29, 0.717) is 23.2 Å². The average molecular weight is 732 g/mol. The summed E-state index contributed by atoms with van der Waals surface area (Å²) in [5, 5.41) is 6.42. The van der Waals surface area contributed by atoms with Gasteiger partial charge < -0.3 is 13.4 Å². The Kier molecular flexibility index (Phi) is 6.79. The van der Waals surface area contributed by atoms with Gasteiger partial charge >= 0.3 is 0 Å². The lowest BCUT2D eigenvalue weighted by Crippen LogP contribution is -2.03. The van der Waals surface area contributed by atoms with E-state index >= 15 is 0 Å². The molecule has 12 aromatic rings. The van der Waals surface area contributed by atoms with Gasteiger partial charge in [-0.3, -0.25) is 0 Å². The van der Waals surface area contributed by atoms with Gasteiger partial charge in [0, 0.05) is 55.2 Å². The van der Waals surface area contributed by atoms with Crippen molar-refractivity contribution in [3.63, 3.8) is 0 Å². The number of para-hydroxylation sites is 4. The van der Waals surface area contributed by atoms with Gasteiger partial charge in [-0.15, -0.1) is 0 Å². The van der Waals surface area contributed by atoms with Crippen LogP contribution in [0.5, 0.6) is 0 Å². The number of hydrogen-bond acceptors (Lipinski definition) is 6. The van der Waals surface area contributed by atoms with E-state index in [-0.39, 0.29) is 0 Å². The van der Waals surface area contributed by atoms with Crippen LogP contribution >= 0.6 is 0 Å². The molecule has 7 aromatic carbocycles. The van der Waals surface area contributed by atoms with Crippen molar-refractivity contribution in [1.29, 1.82) is 0 Å². The van der Waals surface area contributed by atoms with Gasteiger partial charge in [0.05, 0.1) is 16.7 Å². The molecular weight excluding hydrogens is 703 g/mol. The molecule has 0 unspecified atom stereocenters. The predicted molar refractivity (Wildman–Crippen MR) is 228 cm³/mol. The van der Waals surface area contributed by atoms with Crippen LogP contribution in [0.15, 0.2) is 185 Å². The fourth-order valence-corrected chi connectivity index (χ4v) is 8.35. The molecule has 0 radical (unpaired) electrons. The minimum Gasteiger partial charge on any atom is -0.456 e. The smallest absolute Gasteiger partial charge is 0.227 e. The van der Waals surface area contributed by atoms with E-state index in [4.69, 9.17) is 23.8 Å². The van der Waals surface area contributed by atoms with Crippen LogP contribution < -0.4 is 0 Å². The summed E-state index contributed by atoms with van der Waals surface area (Å²) in [7, 11) is 0. The molecule has 266 valence electrons. The molecule has 5 aromatic heterocycles. The van der Waals surface area contributed by atoms with Crippen molar-refractivity contribution < 1.29 is 8.83 Å². The molecule has 7 nitrogen and oxygen atoms in total. The van der Waals surface area contributed by atoms with Gasteiger partial charge in [-0.25, -0.2) is 19.9 Å². The molecule has 0 saturated carbocycles. The van der Waals surface area contributed by atoms with Crippen LogP contribution in [0.1, 0.15) is 0 Å². The number of hydrogen-bond donors (Lipinski definition) is 0. The average Bonchev–Trinajstić information content (AvgIpc) is 3.96. The van der Waals surface area contributed by atoms with E-state index in [9.17, 15) is 0 Å². The van der Waals surface area contributed by atoms with Gasteiger partial charge in [-0.1, -0.05) is 109 Å². The van der Waals surface area contributed by atoms with E-state index in [1.807, 2.05) is 48.5 Å². The molecule has 0 bridgehead atoms. The van der Waals surface area contributed by atoms with E-state index in [1.165, 1.54) is 10.8 Å². The summed E-state index contributed by atoms with van der Waals surface area (Å²) >= 11 is 0. The topological polar surface area (TPSA) is 82.8 Å². The van der Waals surface area contributed by atoms with E-state index in [1.54, 1.807) is 6.20 Å². The van der Waals surface area contributed by atoms with Crippen molar-refractivity contribution in [3.05, 3.63) is 176 Å². The van der Waals surface area contributed by atoms with E-state index in [0.717, 1.165) is 82.8 Å². The van der Waals surface area contributed by atoms with Crippen molar-refractivity contribution in [2.75, 3.05) is 0 Å². The van der Waals surface area contributed by atoms with Gasteiger partial charge in [0.15, 0.2) is 17.5 Å². The summed E-state index contributed by atoms with van der Waals surface area (Å²) in [6, 6.07) is 58.2. The number of benzene rings is 7. The van der Waals surface area contributed by atoms with Crippen molar-refractivity contribution in [2.45, 2.75) is 0 Å². The molecule has 7 heteroatoms. The van der Waals surface area contributed by atoms with Crippen molar-refractivity contribution >= 4 is 65.8 Å². The standard InChI is InChI=1S/C50H29N5O2/c1-5-17-40-33(11-1)34-12-2-6-18-41(34)55(40)42-19-7-3-13-37(42)48-52-47(53-49(54-48)39-15-9-21-44-46(39)38-14-4-8-20-43(38)56-44)31-24-22-30(23-25-31)32-26-27-35-36-16-10-28-51-50(36)57-45(35)29-32/h1-29H. The largest absolute Gasteiger partial charge is 0.456 e. The second-order valence-corrected chi connectivity index (χ2v) is 14.2. The molecule has 0 saturated heterocycles. The highest BCUT2D eigenvalue weighted by molar-refractivity contribution is 6.12. The number of fused-ring (bicyclic) bond motifs is 9. The highest BCUT2D eigenvalue weighted by atomic mass is 16.3. The third kappa shape index (κ3) is 4.92. The van der Waals surface area contributed by atoms with Gasteiger partial charge in [-0.05, 0) is 71.8 Å². The van der Waals surface area contributed by atoms with Crippen LogP contribution in [0.4, 0.5) is 0 Å². The molecule has 5 heterocycles. The van der Waals surface area contributed by atoms with Crippen LogP contribution in [0.2, 0.25) is 0 Å². The Bertz CT molecular complexity index is 3490. The minimum atomic E-state index is 0.567. The lowest BCUT2D eigenvalue weighted by Gasteiger charge is -2.15. The SMILES string of the molecule is c1ccc(-n2c3ccccc3c3ccccc32)c(-c2nc(-c3ccc(-c4ccc5c(c4)oc4ncccc45)cc3)nc(-c3cccc4oc5ccccc5c34)n2)c1. The normalized spacial score (nSPS) is 11.9. The fourth-order valence-electron chi connectivity index (χ4n) is 8.35. The minimum absolute atomic E-state index is 0.567. The summed E-state index contributed by atoms with van der Waals surface area (Å²) < 4.78 is 14.7. The number of pyridine rings is 1. The van der Waals surface area contributed by atoms with Crippen molar-refractivity contribution in [1.82, 2.24) is 24.5 Å². The molecule has 0 aliphatic carbocycles. The first-order valence-corrected chi connectivity index (χ1v) is 18.9. The molecule has 0 spiro atoms. The van der Waals surface area contributed by atoms with Crippen LogP contribution in [0.25, 0.3) is 117 Å². The molecule has 0 N–H and O–H groups in total. The summed E-state index contributed by atoms with van der Waals surface area (Å²) in [6.45, 7) is 0. The molecular formula is C50H29N5O2. The molecule has 0 atom stereocenters. The molecule has 12 rings (SSSR count). The predicted octanol–water partition coefficient (Wildman–Crippen LogP) is 12.8. The Morgan fingerprint density at radius 2 is 1.00 bits per heavy atom. The Hall–Kier alpha value is -7.90. The van der Waals surface area contributed by atoms with Gasteiger partial charge in [0.1, 0.15) is 16.7 Å². The van der Waals surface area contributed by atoms with Crippen molar-refractivity contribution in [2.24, 2.45) is 0 Å². The number of rotatable bonds is 5. The van der Waals surface area contributed by atoms with Gasteiger partial charge in [0.25, 0.3) is 0 Å². The fraction of sp³-hybridized carbons (Fsp3) is 0. The van der Waals surface area contributed by atoms with Gasteiger partial charge in [-0.2, -0.15) is 0 Å². The summed E-state index contributed by atoms with van der Waals surface area (Å²) in [6.07, 6.45) is 1.75. The van der Waals surface area contributed by atoms with Gasteiger partial charge in [0.2, 0.25) is 5.71 Å². The van der Waals surface area contributed by atoms with Crippen LogP contribution in [-0.2, 0) is 0 Å². The quantitative estimate of drug-likeness (QED) is 0.175. The number of furan rings is 2. The van der Waals surface area contributed by atoms with E-state index < -0.39 is 0 Å². The number of aromatic nitrogens is 5. The van der Waals surface area contributed by atoms with Crippen LogP contribution in [-0.4, -0.2) is 24.5 Å². The van der Waals surface area contributed by atoms with Crippen LogP contribution in [0.3, 0.4) is 0 Å². The van der Waals surface area contributed by atoms with Crippen molar-refractivity contribution in [3.8, 4) is 51.0 Å². The second kappa shape index (κ2) is 12.3. The number of nitrogens with zero attached hydrogens (tertiary/aromatic N) is 5. The summed E-state index contributed by atoms with van der Waals surface area (Å²) in [5.41, 5.74) is 11.0. The highest BCUT2D eigenvalue weighted by Crippen LogP contribution is 2.39. The molecule has 0 amide bonds. The molecule has 0 aliphatic rings. The zero-order valence-electron chi connectivity index (χ0n) is 30.3. The maximum absolute atomic E-state index is 6.31. The molecule has 0 fully saturated rings. The van der Waals surface area contributed by atoms with Crippen LogP contribution in [0, 0.1) is 0 Å². The Morgan fingerprint density at radius 1 is 0.386 bits per heavy atom. The summed E-state index contributed by atoms with van der Waals surface area (Å²) in [4.78, 5) is 20.1. The monoisotopic (exact) mass is 731 g/mol. The maximum Gasteiger partial charge on any atom is 0.227 e. The Balaban J connectivity index is 1.05. The Morgan fingerprint density at radius 3 is 1.82 bits per heavy atom. The summed E-state index contributed by atoms with van der Waals surface area (Å²) in [5.74, 6) is 1.71. The molecule has 57 heavy (non-hydrogen) atoms. The van der Waals surface area contributed by atoms with E-state index in [2.05, 4.69) is 131 Å². The lowest BCUT2D eigenvalue weighted by molar-refractivity contribution is 0.654. The maximum atomic E-state index is 6.31. The highest BCUT2D eigenvalue weighted by Gasteiger charge is 2.21. The lowest BCUT2D eigenvalue weighted by atomic mass is 10.0. The second-order valence-electron chi connectivity index (χ2n) is 14.2. The molecule has 0 aliphatic heterocycles. The zero-order valence-corrected chi connectivity index (χ0v) is 30.3. The third-order valence-corrected chi connectivity index (χ3v) is 11.0. The zero-order chi connectivity index (χ0) is 37.5. The first kappa shape index (κ1) is 31.5. The first-order valence-electron chi connectivity index (χ1n) is 18.9. The Labute approximate surface area is 325 Å². The first-order chi connectivity index (χ1) is 28.2. The third-order valence-electron chi connectivity index (χ3n) is 11.0.